The molecule has 2 aromatic rings. The first kappa shape index (κ1) is 13.7. The van der Waals surface area contributed by atoms with Crippen LogP contribution in [0.1, 0.15) is 17.0 Å². The Morgan fingerprint density at radius 1 is 1.21 bits per heavy atom. The van der Waals surface area contributed by atoms with Gasteiger partial charge in [-0.05, 0) is 41.8 Å². The largest absolute Gasteiger partial charge is 0.481 e. The van der Waals surface area contributed by atoms with E-state index in [0.717, 1.165) is 10.0 Å². The van der Waals surface area contributed by atoms with E-state index in [1.54, 1.807) is 0 Å². The number of hydrogen-bond acceptors (Lipinski definition) is 1. The maximum Gasteiger partial charge on any atom is 0.311 e. The lowest BCUT2D eigenvalue weighted by Crippen LogP contribution is -2.14. The number of benzene rings is 2. The van der Waals surface area contributed by atoms with Gasteiger partial charge in [-0.3, -0.25) is 4.79 Å². The zero-order chi connectivity index (χ0) is 13.8. The second-order valence-electron chi connectivity index (χ2n) is 4.28. The van der Waals surface area contributed by atoms with Gasteiger partial charge < -0.3 is 5.11 Å². The molecule has 2 rings (SSSR count). The summed E-state index contributed by atoms with van der Waals surface area (Å²) in [5, 5.41) is 9.32. The summed E-state index contributed by atoms with van der Waals surface area (Å²) in [5.41, 5.74) is 1.53. The Kier molecular flexibility index (Phi) is 4.32. The third-order valence-corrected chi connectivity index (χ3v) is 3.39. The van der Waals surface area contributed by atoms with Crippen LogP contribution in [0, 0.1) is 5.82 Å². The van der Waals surface area contributed by atoms with E-state index in [-0.39, 0.29) is 5.82 Å². The van der Waals surface area contributed by atoms with Crippen molar-refractivity contribution in [2.45, 2.75) is 12.3 Å². The highest BCUT2D eigenvalue weighted by molar-refractivity contribution is 9.10. The monoisotopic (exact) mass is 322 g/mol. The van der Waals surface area contributed by atoms with Crippen molar-refractivity contribution < 1.29 is 14.3 Å². The van der Waals surface area contributed by atoms with Crippen LogP contribution in [-0.4, -0.2) is 11.1 Å². The molecule has 4 heteroatoms. The number of aliphatic carboxylic acids is 1. The Labute approximate surface area is 119 Å². The third kappa shape index (κ3) is 3.64. The van der Waals surface area contributed by atoms with Crippen molar-refractivity contribution >= 4 is 21.9 Å². The Balaban J connectivity index is 2.26. The number of carboxylic acids is 1. The van der Waals surface area contributed by atoms with E-state index in [0.29, 0.717) is 12.0 Å². The average Bonchev–Trinajstić information content (AvgIpc) is 2.37. The first-order valence-electron chi connectivity index (χ1n) is 5.79. The molecule has 98 valence electrons. The molecule has 2 aromatic carbocycles. The van der Waals surface area contributed by atoms with Crippen LogP contribution in [0.25, 0.3) is 0 Å². The summed E-state index contributed by atoms with van der Waals surface area (Å²) in [5.74, 6) is -1.95. The van der Waals surface area contributed by atoms with E-state index in [2.05, 4.69) is 15.9 Å². The normalized spacial score (nSPS) is 12.1. The minimum absolute atomic E-state index is 0.365. The van der Waals surface area contributed by atoms with E-state index in [4.69, 9.17) is 0 Å². The predicted octanol–water partition coefficient (Wildman–Crippen LogP) is 4.00. The Morgan fingerprint density at radius 2 is 1.89 bits per heavy atom. The smallest absolute Gasteiger partial charge is 0.311 e. The van der Waals surface area contributed by atoms with E-state index in [9.17, 15) is 14.3 Å². The van der Waals surface area contributed by atoms with Crippen LogP contribution >= 0.6 is 15.9 Å². The molecule has 0 saturated heterocycles. The number of halogens is 2. The maximum atomic E-state index is 12.9. The van der Waals surface area contributed by atoms with Crippen molar-refractivity contribution in [2.75, 3.05) is 0 Å². The summed E-state index contributed by atoms with van der Waals surface area (Å²) in [6.45, 7) is 0. The van der Waals surface area contributed by atoms with Gasteiger partial charge in [0.2, 0.25) is 0 Å². The molecule has 19 heavy (non-hydrogen) atoms. The molecule has 0 amide bonds. The summed E-state index contributed by atoms with van der Waals surface area (Å²) < 4.78 is 13.8. The minimum atomic E-state index is -0.911. The van der Waals surface area contributed by atoms with E-state index in [1.807, 2.05) is 24.3 Å². The first-order chi connectivity index (χ1) is 9.06. The lowest BCUT2D eigenvalue weighted by molar-refractivity contribution is -0.138. The van der Waals surface area contributed by atoms with Gasteiger partial charge >= 0.3 is 5.97 Å². The summed E-state index contributed by atoms with van der Waals surface area (Å²) in [7, 11) is 0. The van der Waals surface area contributed by atoms with Gasteiger partial charge in [-0.1, -0.05) is 40.2 Å². The molecule has 0 aliphatic heterocycles. The average molecular weight is 323 g/mol. The summed E-state index contributed by atoms with van der Waals surface area (Å²) in [4.78, 5) is 11.4. The fraction of sp³-hybridized carbons (Fsp3) is 0.133. The Bertz CT molecular complexity index is 581. The van der Waals surface area contributed by atoms with Crippen LogP contribution in [0.3, 0.4) is 0 Å². The quantitative estimate of drug-likeness (QED) is 0.923. The van der Waals surface area contributed by atoms with Crippen LogP contribution < -0.4 is 0 Å². The number of hydrogen-bond donors (Lipinski definition) is 1. The molecule has 1 N–H and O–H groups in total. The molecule has 0 fully saturated rings. The van der Waals surface area contributed by atoms with Crippen molar-refractivity contribution in [3.05, 3.63) is 69.9 Å². The molecule has 1 atom stereocenters. The highest BCUT2D eigenvalue weighted by atomic mass is 79.9. The predicted molar refractivity (Wildman–Crippen MR) is 74.6 cm³/mol. The molecule has 0 saturated carbocycles. The first-order valence-corrected chi connectivity index (χ1v) is 6.58. The van der Waals surface area contributed by atoms with Gasteiger partial charge in [0.05, 0.1) is 5.92 Å². The molecular formula is C15H12BrFO2. The summed E-state index contributed by atoms with van der Waals surface area (Å²) >= 11 is 3.36. The molecule has 0 bridgehead atoms. The second-order valence-corrected chi connectivity index (χ2v) is 5.19. The van der Waals surface area contributed by atoms with Gasteiger partial charge in [0.15, 0.2) is 0 Å². The van der Waals surface area contributed by atoms with Gasteiger partial charge in [0, 0.05) is 4.47 Å². The van der Waals surface area contributed by atoms with Crippen LogP contribution in [0.15, 0.2) is 53.0 Å². The number of rotatable bonds is 4. The van der Waals surface area contributed by atoms with Crippen LogP contribution in [0.5, 0.6) is 0 Å². The molecule has 0 aliphatic rings. The molecular weight excluding hydrogens is 311 g/mol. The SMILES string of the molecule is O=C(O)C(Cc1cccc(Br)c1)c1ccc(F)cc1. The molecule has 0 aromatic heterocycles. The molecule has 0 heterocycles. The van der Waals surface area contributed by atoms with E-state index in [1.165, 1.54) is 24.3 Å². The van der Waals surface area contributed by atoms with Crippen LogP contribution in [-0.2, 0) is 11.2 Å². The van der Waals surface area contributed by atoms with Crippen molar-refractivity contribution in [3.63, 3.8) is 0 Å². The minimum Gasteiger partial charge on any atom is -0.481 e. The third-order valence-electron chi connectivity index (χ3n) is 2.90. The fourth-order valence-corrected chi connectivity index (χ4v) is 2.39. The number of carboxylic acid groups (broad SMARTS) is 1. The summed E-state index contributed by atoms with van der Waals surface area (Å²) in [6, 6.07) is 13.1. The van der Waals surface area contributed by atoms with Gasteiger partial charge in [-0.25, -0.2) is 4.39 Å². The molecule has 0 radical (unpaired) electrons. The van der Waals surface area contributed by atoms with Gasteiger partial charge in [-0.15, -0.1) is 0 Å². The lowest BCUT2D eigenvalue weighted by atomic mass is 9.92. The molecule has 2 nitrogen and oxygen atoms in total. The lowest BCUT2D eigenvalue weighted by Gasteiger charge is -2.13. The second kappa shape index (κ2) is 5.97. The van der Waals surface area contributed by atoms with Crippen molar-refractivity contribution in [2.24, 2.45) is 0 Å². The highest BCUT2D eigenvalue weighted by Gasteiger charge is 2.20. The van der Waals surface area contributed by atoms with E-state index >= 15 is 0 Å². The Morgan fingerprint density at radius 3 is 2.47 bits per heavy atom. The number of carbonyl (C=O) groups is 1. The molecule has 0 spiro atoms. The fourth-order valence-electron chi connectivity index (χ4n) is 1.94. The molecule has 1 unspecified atom stereocenters. The van der Waals surface area contributed by atoms with Gasteiger partial charge in [0.1, 0.15) is 5.82 Å². The zero-order valence-corrected chi connectivity index (χ0v) is 11.6. The van der Waals surface area contributed by atoms with Crippen LogP contribution in [0.4, 0.5) is 4.39 Å². The topological polar surface area (TPSA) is 37.3 Å². The highest BCUT2D eigenvalue weighted by Crippen LogP contribution is 2.23. The van der Waals surface area contributed by atoms with Crippen molar-refractivity contribution in [1.29, 1.82) is 0 Å². The standard InChI is InChI=1S/C15H12BrFO2/c16-12-3-1-2-10(8-12)9-14(15(18)19)11-4-6-13(17)7-5-11/h1-8,14H,9H2,(H,18,19). The van der Waals surface area contributed by atoms with Crippen LogP contribution in [0.2, 0.25) is 0 Å². The maximum absolute atomic E-state index is 12.9. The zero-order valence-electron chi connectivity index (χ0n) is 10.0. The Hall–Kier alpha value is -1.68. The van der Waals surface area contributed by atoms with Crippen molar-refractivity contribution in [1.82, 2.24) is 0 Å². The van der Waals surface area contributed by atoms with Gasteiger partial charge in [0.25, 0.3) is 0 Å². The summed E-state index contributed by atoms with van der Waals surface area (Å²) in [6.07, 6.45) is 0.375. The molecule has 0 aliphatic carbocycles. The van der Waals surface area contributed by atoms with Crippen molar-refractivity contribution in [3.8, 4) is 0 Å². The van der Waals surface area contributed by atoms with Gasteiger partial charge in [-0.2, -0.15) is 0 Å². The van der Waals surface area contributed by atoms with E-state index < -0.39 is 11.9 Å².